The Balaban J connectivity index is 0.00000168. The minimum Gasteiger partial charge on any atom is -0.360 e. The standard InChI is InChI=1S/C22H13N3.Y/c1-2-17-14-18-7-3-5-11-24(18)22(17)20-10-9-16(15-23)13-19(20)21-8-4-6-12-25(21)22;/h1-13H;. The van der Waals surface area contributed by atoms with Crippen LogP contribution in [0.4, 0.5) is 0 Å². The van der Waals surface area contributed by atoms with Crippen molar-refractivity contribution >= 4 is 0 Å². The van der Waals surface area contributed by atoms with Crippen LogP contribution < -0.4 is 9.13 Å². The largest absolute Gasteiger partial charge is 0.360 e. The van der Waals surface area contributed by atoms with Crippen LogP contribution in [0, 0.1) is 24.0 Å². The first kappa shape index (κ1) is 17.0. The maximum atomic E-state index is 9.32. The Morgan fingerprint density at radius 3 is 2.58 bits per heavy atom. The third-order valence-corrected chi connectivity index (χ3v) is 5.02. The van der Waals surface area contributed by atoms with Gasteiger partial charge in [0.05, 0.1) is 28.5 Å². The molecule has 3 aromatic rings. The van der Waals surface area contributed by atoms with E-state index in [9.17, 15) is 5.26 Å². The monoisotopic (exact) mass is 408 g/mol. The minimum atomic E-state index is -0.606. The number of hydrogen-bond acceptors (Lipinski definition) is 1. The SMILES string of the molecule is [CH-]=CC1=[C-]c2cccc[n+]2C12c1ccc(C#N)cc1-c1cccc[n+]12.[Y]. The molecule has 1 spiro atoms. The van der Waals surface area contributed by atoms with E-state index in [0.29, 0.717) is 5.56 Å². The van der Waals surface area contributed by atoms with Crippen molar-refractivity contribution in [2.24, 2.45) is 0 Å². The summed E-state index contributed by atoms with van der Waals surface area (Å²) in [7, 11) is 0. The van der Waals surface area contributed by atoms with Crippen molar-refractivity contribution in [1.29, 1.82) is 5.26 Å². The number of hydrogen-bond donors (Lipinski definition) is 0. The van der Waals surface area contributed by atoms with Gasteiger partial charge in [0, 0.05) is 44.8 Å². The molecule has 3 nitrogen and oxygen atoms in total. The van der Waals surface area contributed by atoms with Crippen LogP contribution in [-0.2, 0) is 38.4 Å². The van der Waals surface area contributed by atoms with Gasteiger partial charge in [-0.1, -0.05) is 6.07 Å². The number of aromatic nitrogens is 2. The molecule has 5 rings (SSSR count). The number of rotatable bonds is 1. The van der Waals surface area contributed by atoms with Crippen molar-refractivity contribution in [3.63, 3.8) is 0 Å². The minimum absolute atomic E-state index is 0. The molecule has 2 aliphatic heterocycles. The normalized spacial score (nSPS) is 18.2. The molecule has 0 saturated heterocycles. The molecule has 1 unspecified atom stereocenters. The first-order chi connectivity index (χ1) is 12.3. The van der Waals surface area contributed by atoms with E-state index in [-0.39, 0.29) is 32.7 Å². The van der Waals surface area contributed by atoms with Crippen LogP contribution in [0.5, 0.6) is 0 Å². The molecule has 0 saturated carbocycles. The summed E-state index contributed by atoms with van der Waals surface area (Å²) >= 11 is 0. The molecule has 2 aromatic heterocycles. The van der Waals surface area contributed by atoms with Gasteiger partial charge in [0.2, 0.25) is 5.69 Å². The summed E-state index contributed by atoms with van der Waals surface area (Å²) in [4.78, 5) is 0. The van der Waals surface area contributed by atoms with Crippen molar-refractivity contribution in [2.45, 2.75) is 5.66 Å². The third-order valence-electron chi connectivity index (χ3n) is 5.02. The van der Waals surface area contributed by atoms with Crippen molar-refractivity contribution in [2.75, 3.05) is 0 Å². The molecule has 1 atom stereocenters. The van der Waals surface area contributed by atoms with Gasteiger partial charge in [-0.15, -0.1) is 10.6 Å². The van der Waals surface area contributed by atoms with Gasteiger partial charge >= 0.3 is 5.66 Å². The summed E-state index contributed by atoms with van der Waals surface area (Å²) < 4.78 is 4.40. The van der Waals surface area contributed by atoms with Crippen molar-refractivity contribution in [3.05, 3.63) is 108 Å². The van der Waals surface area contributed by atoms with Crippen molar-refractivity contribution < 1.29 is 41.8 Å². The summed E-state index contributed by atoms with van der Waals surface area (Å²) in [6.45, 7) is 6.03. The molecule has 0 aliphatic carbocycles. The fourth-order valence-electron chi connectivity index (χ4n) is 4.06. The fourth-order valence-corrected chi connectivity index (χ4v) is 4.06. The molecular weight excluding hydrogens is 395 g/mol. The molecule has 4 heterocycles. The summed E-state index contributed by atoms with van der Waals surface area (Å²) in [5.74, 6) is 0. The quantitative estimate of drug-likeness (QED) is 0.450. The predicted molar refractivity (Wildman–Crippen MR) is 90.6 cm³/mol. The van der Waals surface area contributed by atoms with Crippen LogP contribution >= 0.6 is 0 Å². The Bertz CT molecular complexity index is 1140. The van der Waals surface area contributed by atoms with E-state index in [1.807, 2.05) is 48.5 Å². The van der Waals surface area contributed by atoms with Gasteiger partial charge in [0.25, 0.3) is 0 Å². The van der Waals surface area contributed by atoms with Gasteiger partial charge in [-0.3, -0.25) is 0 Å². The second-order valence-electron chi connectivity index (χ2n) is 6.16. The number of nitrogens with zero attached hydrogens (tertiary/aromatic N) is 3. The van der Waals surface area contributed by atoms with E-state index < -0.39 is 5.66 Å². The first-order valence-electron chi connectivity index (χ1n) is 8.07. The number of allylic oxidation sites excluding steroid dienone is 2. The van der Waals surface area contributed by atoms with Crippen molar-refractivity contribution in [3.8, 4) is 17.3 Å². The number of benzene rings is 1. The van der Waals surface area contributed by atoms with Gasteiger partial charge < -0.3 is 12.7 Å². The van der Waals surface area contributed by atoms with Crippen LogP contribution in [0.1, 0.15) is 16.8 Å². The van der Waals surface area contributed by atoms with Gasteiger partial charge in [0.15, 0.2) is 12.4 Å². The molecule has 0 fully saturated rings. The molecule has 4 heteroatoms. The molecule has 0 bridgehead atoms. The second kappa shape index (κ2) is 6.09. The van der Waals surface area contributed by atoms with Crippen LogP contribution in [-0.4, -0.2) is 0 Å². The Labute approximate surface area is 177 Å². The maximum Gasteiger partial charge on any atom is 0.333 e. The molecule has 1 radical (unpaired) electrons. The Hall–Kier alpha value is -2.41. The van der Waals surface area contributed by atoms with Crippen LogP contribution in [0.25, 0.3) is 11.3 Å². The Kier molecular flexibility index (Phi) is 3.99. The number of fused-ring (bicyclic) bond motifs is 7. The topological polar surface area (TPSA) is 31.5 Å². The van der Waals surface area contributed by atoms with Crippen LogP contribution in [0.2, 0.25) is 0 Å². The average molecular weight is 408 g/mol. The maximum absolute atomic E-state index is 9.32. The summed E-state index contributed by atoms with van der Waals surface area (Å²) in [6.07, 6.45) is 9.18. The molecule has 1 aromatic carbocycles. The zero-order chi connectivity index (χ0) is 17.0. The molecular formula is C22H13N3Y. The van der Waals surface area contributed by atoms with E-state index in [1.54, 1.807) is 6.08 Å². The predicted octanol–water partition coefficient (Wildman–Crippen LogP) is 2.44. The molecule has 0 amide bonds. The Morgan fingerprint density at radius 1 is 1.04 bits per heavy atom. The van der Waals surface area contributed by atoms with Gasteiger partial charge in [-0.25, -0.2) is 0 Å². The number of nitriles is 1. The summed E-state index contributed by atoms with van der Waals surface area (Å²) in [5.41, 5.74) is 5.10. The van der Waals surface area contributed by atoms with Crippen LogP contribution in [0.3, 0.4) is 0 Å². The molecule has 26 heavy (non-hydrogen) atoms. The van der Waals surface area contributed by atoms with E-state index >= 15 is 0 Å². The fraction of sp³-hybridized carbons (Fsp3) is 0.0455. The summed E-state index contributed by atoms with van der Waals surface area (Å²) in [6, 6.07) is 20.2. The van der Waals surface area contributed by atoms with E-state index in [4.69, 9.17) is 6.58 Å². The molecule has 119 valence electrons. The van der Waals surface area contributed by atoms with Gasteiger partial charge in [-0.2, -0.15) is 21.5 Å². The van der Waals surface area contributed by atoms with Crippen LogP contribution in [0.15, 0.2) is 78.6 Å². The summed E-state index contributed by atoms with van der Waals surface area (Å²) in [5, 5.41) is 9.32. The van der Waals surface area contributed by atoms with E-state index in [1.165, 1.54) is 0 Å². The van der Waals surface area contributed by atoms with Gasteiger partial charge in [0.1, 0.15) is 0 Å². The smallest absolute Gasteiger partial charge is 0.333 e. The number of pyridine rings is 2. The molecule has 2 aliphatic rings. The van der Waals surface area contributed by atoms with Gasteiger partial charge in [-0.05, 0) is 30.3 Å². The molecule has 0 N–H and O–H groups in total. The Morgan fingerprint density at radius 2 is 1.81 bits per heavy atom. The van der Waals surface area contributed by atoms with Crippen molar-refractivity contribution in [1.82, 2.24) is 0 Å². The second-order valence-corrected chi connectivity index (χ2v) is 6.16. The zero-order valence-electron chi connectivity index (χ0n) is 13.9. The first-order valence-corrected chi connectivity index (χ1v) is 8.07. The third kappa shape index (κ3) is 1.95. The average Bonchev–Trinajstić information content (AvgIpc) is 3.17. The van der Waals surface area contributed by atoms with E-state index in [2.05, 4.69) is 39.7 Å². The van der Waals surface area contributed by atoms with E-state index in [0.717, 1.165) is 28.1 Å². The zero-order valence-corrected chi connectivity index (χ0v) is 16.8.